The Balaban J connectivity index is 2.79. The summed E-state index contributed by atoms with van der Waals surface area (Å²) in [5.74, 6) is 0. The highest BCUT2D eigenvalue weighted by Gasteiger charge is 1.97. The molecule has 60 valence electrons. The van der Waals surface area contributed by atoms with Gasteiger partial charge in [0.1, 0.15) is 0 Å². The lowest BCUT2D eigenvalue weighted by atomic mass is 10.1. The second-order valence-corrected chi connectivity index (χ2v) is 3.21. The number of halogens is 1. The number of hydrogen-bond acceptors (Lipinski definition) is 1. The fraction of sp³-hybridized carbons (Fsp3) is 0.100. The fourth-order valence-corrected chi connectivity index (χ4v) is 1.73. The monoisotopic (exact) mass is 221 g/mol. The van der Waals surface area contributed by atoms with Crippen LogP contribution in [0.1, 0.15) is 5.56 Å². The first kappa shape index (κ1) is 7.74. The van der Waals surface area contributed by atoms with Gasteiger partial charge in [-0.3, -0.25) is 4.98 Å². The Labute approximate surface area is 79.6 Å². The minimum atomic E-state index is 0.862. The second kappa shape index (κ2) is 3.23. The molecule has 0 fully saturated rings. The van der Waals surface area contributed by atoms with Gasteiger partial charge in [0.05, 0.1) is 0 Å². The van der Waals surface area contributed by atoms with Crippen LogP contribution >= 0.6 is 15.9 Å². The van der Waals surface area contributed by atoms with Gasteiger partial charge in [-0.25, -0.2) is 0 Å². The third kappa shape index (κ3) is 1.23. The Kier molecular flexibility index (Phi) is 2.09. The van der Waals surface area contributed by atoms with Gasteiger partial charge in [0.15, 0.2) is 0 Å². The molecule has 0 saturated heterocycles. The number of nitrogens with zero attached hydrogens (tertiary/aromatic N) is 1. The van der Waals surface area contributed by atoms with Crippen LogP contribution in [0.3, 0.4) is 0 Å². The highest BCUT2D eigenvalue weighted by Crippen LogP contribution is 2.18. The molecule has 2 rings (SSSR count). The molecule has 0 unspecified atom stereocenters. The van der Waals surface area contributed by atoms with Gasteiger partial charge in [0.2, 0.25) is 0 Å². The molecular weight excluding hydrogens is 214 g/mol. The molecule has 1 aromatic carbocycles. The maximum absolute atomic E-state index is 4.15. The normalized spacial score (nSPS) is 10.4. The third-order valence-electron chi connectivity index (χ3n) is 1.89. The maximum atomic E-state index is 4.15. The van der Waals surface area contributed by atoms with Crippen LogP contribution in [0.2, 0.25) is 0 Å². The fourth-order valence-electron chi connectivity index (χ4n) is 1.29. The van der Waals surface area contributed by atoms with Crippen molar-refractivity contribution in [1.29, 1.82) is 0 Å². The Morgan fingerprint density at radius 1 is 1.17 bits per heavy atom. The molecule has 0 spiro atoms. The highest BCUT2D eigenvalue weighted by molar-refractivity contribution is 9.08. The second-order valence-electron chi connectivity index (χ2n) is 2.65. The predicted molar refractivity (Wildman–Crippen MR) is 54.4 cm³/mol. The topological polar surface area (TPSA) is 12.9 Å². The van der Waals surface area contributed by atoms with E-state index in [0.717, 1.165) is 5.33 Å². The van der Waals surface area contributed by atoms with Crippen molar-refractivity contribution < 1.29 is 0 Å². The largest absolute Gasteiger partial charge is 0.264 e. The van der Waals surface area contributed by atoms with Crippen molar-refractivity contribution in [2.75, 3.05) is 0 Å². The van der Waals surface area contributed by atoms with E-state index >= 15 is 0 Å². The summed E-state index contributed by atoms with van der Waals surface area (Å²) in [6.45, 7) is 0. The van der Waals surface area contributed by atoms with E-state index in [1.165, 1.54) is 16.3 Å². The average Bonchev–Trinajstić information content (AvgIpc) is 2.17. The lowest BCUT2D eigenvalue weighted by Gasteiger charge is -2.00. The van der Waals surface area contributed by atoms with Crippen LogP contribution in [-0.2, 0) is 5.33 Å². The van der Waals surface area contributed by atoms with Gasteiger partial charge in [-0.05, 0) is 10.9 Å². The summed E-state index contributed by atoms with van der Waals surface area (Å²) in [4.78, 5) is 4.15. The van der Waals surface area contributed by atoms with E-state index in [0.29, 0.717) is 0 Å². The van der Waals surface area contributed by atoms with E-state index < -0.39 is 0 Å². The molecule has 0 atom stereocenters. The molecule has 1 aromatic heterocycles. The van der Waals surface area contributed by atoms with Gasteiger partial charge in [-0.15, -0.1) is 0 Å². The zero-order valence-electron chi connectivity index (χ0n) is 6.50. The van der Waals surface area contributed by atoms with E-state index in [-0.39, 0.29) is 0 Å². The van der Waals surface area contributed by atoms with Gasteiger partial charge < -0.3 is 0 Å². The molecule has 2 heteroatoms. The maximum Gasteiger partial charge on any atom is 0.0346 e. The number of hydrogen-bond donors (Lipinski definition) is 0. The van der Waals surface area contributed by atoms with Crippen LogP contribution in [-0.4, -0.2) is 4.98 Å². The molecule has 12 heavy (non-hydrogen) atoms. The third-order valence-corrected chi connectivity index (χ3v) is 2.50. The lowest BCUT2D eigenvalue weighted by Crippen LogP contribution is -1.83. The molecule has 0 aliphatic heterocycles. The van der Waals surface area contributed by atoms with Gasteiger partial charge in [0.25, 0.3) is 0 Å². The number of pyridine rings is 1. The van der Waals surface area contributed by atoms with Crippen LogP contribution in [0.4, 0.5) is 0 Å². The molecule has 0 saturated carbocycles. The van der Waals surface area contributed by atoms with Crippen LogP contribution in [0.5, 0.6) is 0 Å². The first-order valence-corrected chi connectivity index (χ1v) is 4.91. The number of rotatable bonds is 1. The molecular formula is C10H8BrN. The predicted octanol–water partition coefficient (Wildman–Crippen LogP) is 3.13. The quantitative estimate of drug-likeness (QED) is 0.675. The summed E-state index contributed by atoms with van der Waals surface area (Å²) in [6.07, 6.45) is 3.79. The summed E-state index contributed by atoms with van der Waals surface area (Å²) in [7, 11) is 0. The Hall–Kier alpha value is -0.890. The molecule has 0 aliphatic rings. The van der Waals surface area contributed by atoms with Gasteiger partial charge >= 0.3 is 0 Å². The summed E-state index contributed by atoms with van der Waals surface area (Å²) in [6, 6.07) is 8.28. The Bertz CT molecular complexity index is 392. The number of benzene rings is 1. The van der Waals surface area contributed by atoms with Crippen LogP contribution < -0.4 is 0 Å². The molecule has 0 aliphatic carbocycles. The highest BCUT2D eigenvalue weighted by atomic mass is 79.9. The summed E-state index contributed by atoms with van der Waals surface area (Å²) >= 11 is 3.44. The number of aromatic nitrogens is 1. The molecule has 1 heterocycles. The first-order chi connectivity index (χ1) is 5.92. The summed E-state index contributed by atoms with van der Waals surface area (Å²) in [5.41, 5.74) is 1.24. The number of alkyl halides is 1. The van der Waals surface area contributed by atoms with Crippen molar-refractivity contribution >= 4 is 26.7 Å². The zero-order chi connectivity index (χ0) is 8.39. The molecule has 2 aromatic rings. The van der Waals surface area contributed by atoms with Crippen LogP contribution in [0, 0.1) is 0 Å². The number of fused-ring (bicyclic) bond motifs is 1. The van der Waals surface area contributed by atoms with Crippen molar-refractivity contribution in [2.45, 2.75) is 5.33 Å². The van der Waals surface area contributed by atoms with Crippen molar-refractivity contribution in [3.05, 3.63) is 42.2 Å². The lowest BCUT2D eigenvalue weighted by molar-refractivity contribution is 1.30. The van der Waals surface area contributed by atoms with E-state index in [1.807, 2.05) is 18.5 Å². The van der Waals surface area contributed by atoms with Crippen molar-refractivity contribution in [2.24, 2.45) is 0 Å². The first-order valence-electron chi connectivity index (χ1n) is 3.79. The minimum Gasteiger partial charge on any atom is -0.264 e. The Morgan fingerprint density at radius 3 is 2.83 bits per heavy atom. The molecule has 0 radical (unpaired) electrons. The molecule has 0 bridgehead atoms. The smallest absolute Gasteiger partial charge is 0.0346 e. The van der Waals surface area contributed by atoms with E-state index in [2.05, 4.69) is 39.1 Å². The zero-order valence-corrected chi connectivity index (χ0v) is 8.08. The minimum absolute atomic E-state index is 0.862. The van der Waals surface area contributed by atoms with Crippen molar-refractivity contribution in [3.8, 4) is 0 Å². The van der Waals surface area contributed by atoms with Gasteiger partial charge in [-0.1, -0.05) is 40.2 Å². The SMILES string of the molecule is BrCc1cncc2ccccc12. The summed E-state index contributed by atoms with van der Waals surface area (Å²) < 4.78 is 0. The van der Waals surface area contributed by atoms with Crippen molar-refractivity contribution in [3.63, 3.8) is 0 Å². The Morgan fingerprint density at radius 2 is 2.00 bits per heavy atom. The van der Waals surface area contributed by atoms with Gasteiger partial charge in [0, 0.05) is 23.1 Å². The standard InChI is InChI=1S/C10H8BrN/c11-5-9-7-12-6-8-3-1-2-4-10(8)9/h1-4,6-7H,5H2. The van der Waals surface area contributed by atoms with E-state index in [4.69, 9.17) is 0 Å². The van der Waals surface area contributed by atoms with E-state index in [9.17, 15) is 0 Å². The molecule has 0 N–H and O–H groups in total. The van der Waals surface area contributed by atoms with Crippen molar-refractivity contribution in [1.82, 2.24) is 4.98 Å². The van der Waals surface area contributed by atoms with Gasteiger partial charge in [-0.2, -0.15) is 0 Å². The van der Waals surface area contributed by atoms with E-state index in [1.54, 1.807) is 0 Å². The molecule has 0 amide bonds. The van der Waals surface area contributed by atoms with Crippen LogP contribution in [0.15, 0.2) is 36.7 Å². The molecule has 1 nitrogen and oxygen atoms in total. The average molecular weight is 222 g/mol. The summed E-state index contributed by atoms with van der Waals surface area (Å²) in [5, 5.41) is 3.35. The van der Waals surface area contributed by atoms with Crippen LogP contribution in [0.25, 0.3) is 10.8 Å².